The van der Waals surface area contributed by atoms with E-state index in [1.54, 1.807) is 0 Å². The third kappa shape index (κ3) is 10.9. The van der Waals surface area contributed by atoms with Crippen LogP contribution in [0.5, 0.6) is 0 Å². The van der Waals surface area contributed by atoms with Gasteiger partial charge in [-0.05, 0) is 30.9 Å². The van der Waals surface area contributed by atoms with Gasteiger partial charge in [0.2, 0.25) is 11.7 Å². The fourth-order valence-electron chi connectivity index (χ4n) is 3.06. The smallest absolute Gasteiger partial charge is 0.475 e. The molecule has 1 aromatic carbocycles. The molecule has 0 fully saturated rings. The largest absolute Gasteiger partial charge is 0.490 e. The highest BCUT2D eigenvalue weighted by atomic mass is 19.4. The maximum absolute atomic E-state index is 12.5. The van der Waals surface area contributed by atoms with Gasteiger partial charge in [-0.25, -0.2) is 9.59 Å². The first-order chi connectivity index (χ1) is 16.3. The molecule has 1 heterocycles. The molecule has 0 aromatic heterocycles. The van der Waals surface area contributed by atoms with Gasteiger partial charge in [0.05, 0.1) is 12.1 Å². The zero-order chi connectivity index (χ0) is 26.6. The summed E-state index contributed by atoms with van der Waals surface area (Å²) < 4.78 is 37.0. The number of alkyl halides is 3. The number of nitrogens with two attached hydrogens (primary N) is 1. The quantitative estimate of drug-likeness (QED) is 0.315. The number of ether oxygens (including phenoxy) is 1. The molecule has 1 aliphatic heterocycles. The Labute approximate surface area is 199 Å². The fraction of sp³-hybridized carbons (Fsp3) is 0.455. The molecule has 0 spiro atoms. The van der Waals surface area contributed by atoms with Gasteiger partial charge in [0.15, 0.2) is 6.10 Å². The maximum atomic E-state index is 12.5. The number of benzene rings is 1. The van der Waals surface area contributed by atoms with Crippen molar-refractivity contribution in [1.29, 1.82) is 0 Å². The van der Waals surface area contributed by atoms with Crippen molar-refractivity contribution in [3.8, 4) is 0 Å². The average Bonchev–Trinajstić information content (AvgIpc) is 2.77. The molecule has 194 valence electrons. The van der Waals surface area contributed by atoms with Crippen LogP contribution in [0.2, 0.25) is 0 Å². The summed E-state index contributed by atoms with van der Waals surface area (Å²) in [6.07, 6.45) is -1.38. The van der Waals surface area contributed by atoms with Crippen LogP contribution in [-0.4, -0.2) is 64.9 Å². The van der Waals surface area contributed by atoms with Crippen molar-refractivity contribution < 1.29 is 47.3 Å². The van der Waals surface area contributed by atoms with Crippen molar-refractivity contribution in [2.75, 3.05) is 6.54 Å². The molecule has 35 heavy (non-hydrogen) atoms. The van der Waals surface area contributed by atoms with E-state index in [1.165, 1.54) is 18.6 Å². The molecule has 2 amide bonds. The van der Waals surface area contributed by atoms with Crippen LogP contribution in [0.15, 0.2) is 42.2 Å². The van der Waals surface area contributed by atoms with Crippen molar-refractivity contribution in [2.45, 2.75) is 57.0 Å². The molecule has 3 atom stereocenters. The maximum Gasteiger partial charge on any atom is 0.490 e. The lowest BCUT2D eigenvalue weighted by Crippen LogP contribution is -2.60. The standard InChI is InChI=1S/C20H27N3O5.C2HF3O2/c1-13(24)23-17-15(21)12-16(20(26)27)28-18(17)19(25)22-11-7-3-6-10-14-8-4-2-5-9-14;3-2(4,5)1(6)7/h2,4-5,8-9,12,15,17-18H,3,6-7,10-11,21H2,1H3,(H,22,25)(H,23,24)(H,26,27);(H,6,7)/t15-,17+,18+;/m0./s1. The van der Waals surface area contributed by atoms with Gasteiger partial charge >= 0.3 is 18.1 Å². The van der Waals surface area contributed by atoms with Crippen molar-refractivity contribution >= 4 is 23.8 Å². The van der Waals surface area contributed by atoms with Crippen LogP contribution in [0.25, 0.3) is 0 Å². The Balaban J connectivity index is 0.000000762. The molecule has 10 nitrogen and oxygen atoms in total. The summed E-state index contributed by atoms with van der Waals surface area (Å²) in [6, 6.07) is 8.50. The van der Waals surface area contributed by atoms with E-state index in [0.717, 1.165) is 25.7 Å². The van der Waals surface area contributed by atoms with E-state index >= 15 is 0 Å². The average molecular weight is 503 g/mol. The summed E-state index contributed by atoms with van der Waals surface area (Å²) in [5, 5.41) is 21.6. The number of rotatable bonds is 9. The number of amides is 2. The van der Waals surface area contributed by atoms with Crippen LogP contribution in [-0.2, 0) is 30.3 Å². The van der Waals surface area contributed by atoms with Crippen LogP contribution in [0.4, 0.5) is 13.2 Å². The van der Waals surface area contributed by atoms with E-state index in [4.69, 9.17) is 25.5 Å². The number of carboxylic acids is 2. The summed E-state index contributed by atoms with van der Waals surface area (Å²) in [5.74, 6) is -5.33. The minimum absolute atomic E-state index is 0.380. The molecule has 0 aliphatic carbocycles. The monoisotopic (exact) mass is 503 g/mol. The molecule has 1 aromatic rings. The van der Waals surface area contributed by atoms with Gasteiger partial charge < -0.3 is 31.3 Å². The van der Waals surface area contributed by atoms with Crippen molar-refractivity contribution in [3.63, 3.8) is 0 Å². The van der Waals surface area contributed by atoms with E-state index in [1.807, 2.05) is 18.2 Å². The van der Waals surface area contributed by atoms with Gasteiger partial charge in [-0.3, -0.25) is 9.59 Å². The first kappa shape index (κ1) is 29.4. The molecular weight excluding hydrogens is 475 g/mol. The summed E-state index contributed by atoms with van der Waals surface area (Å²) in [7, 11) is 0. The Hall–Kier alpha value is -3.61. The molecule has 2 rings (SSSR count). The highest BCUT2D eigenvalue weighted by Crippen LogP contribution is 2.18. The lowest BCUT2D eigenvalue weighted by Gasteiger charge is -2.34. The third-order valence-corrected chi connectivity index (χ3v) is 4.70. The second-order valence-electron chi connectivity index (χ2n) is 7.57. The number of hydrogen-bond acceptors (Lipinski definition) is 6. The van der Waals surface area contributed by atoms with Crippen LogP contribution in [0, 0.1) is 0 Å². The summed E-state index contributed by atoms with van der Waals surface area (Å²) in [6.45, 7) is 1.73. The Morgan fingerprint density at radius 2 is 1.66 bits per heavy atom. The van der Waals surface area contributed by atoms with E-state index in [0.29, 0.717) is 6.54 Å². The van der Waals surface area contributed by atoms with Gasteiger partial charge in [0, 0.05) is 13.5 Å². The Bertz CT molecular complexity index is 907. The molecule has 0 unspecified atom stereocenters. The normalized spacial score (nSPS) is 19.2. The number of carboxylic acid groups (broad SMARTS) is 2. The van der Waals surface area contributed by atoms with Gasteiger partial charge in [0.25, 0.3) is 5.91 Å². The predicted molar refractivity (Wildman–Crippen MR) is 117 cm³/mol. The molecule has 0 saturated heterocycles. The molecule has 0 saturated carbocycles. The molecule has 0 radical (unpaired) electrons. The van der Waals surface area contributed by atoms with Crippen LogP contribution < -0.4 is 16.4 Å². The topological polar surface area (TPSA) is 168 Å². The SMILES string of the molecule is CC(=O)N[C@@H]1[C@@H](N)C=C(C(=O)O)O[C@H]1C(=O)NCCCCCc1ccccc1.O=C(O)C(F)(F)F. The minimum atomic E-state index is -5.08. The molecule has 6 N–H and O–H groups in total. The van der Waals surface area contributed by atoms with Crippen LogP contribution in [0.1, 0.15) is 31.7 Å². The summed E-state index contributed by atoms with van der Waals surface area (Å²) >= 11 is 0. The lowest BCUT2D eigenvalue weighted by molar-refractivity contribution is -0.192. The highest BCUT2D eigenvalue weighted by Gasteiger charge is 2.40. The Morgan fingerprint density at radius 3 is 2.17 bits per heavy atom. The number of carbonyl (C=O) groups is 4. The first-order valence-electron chi connectivity index (χ1n) is 10.6. The van der Waals surface area contributed by atoms with Gasteiger partial charge in [0.1, 0.15) is 0 Å². The number of halogens is 3. The Kier molecular flexibility index (Phi) is 11.7. The lowest BCUT2D eigenvalue weighted by atomic mass is 9.98. The zero-order valence-corrected chi connectivity index (χ0v) is 18.9. The molecule has 1 aliphatic rings. The van der Waals surface area contributed by atoms with Gasteiger partial charge in [-0.1, -0.05) is 36.8 Å². The van der Waals surface area contributed by atoms with Gasteiger partial charge in [-0.15, -0.1) is 0 Å². The van der Waals surface area contributed by atoms with E-state index in [2.05, 4.69) is 22.8 Å². The number of aryl methyl sites for hydroxylation is 1. The number of aliphatic carboxylic acids is 2. The zero-order valence-electron chi connectivity index (χ0n) is 18.9. The number of hydrogen-bond donors (Lipinski definition) is 5. The second kappa shape index (κ2) is 13.9. The van der Waals surface area contributed by atoms with Crippen molar-refractivity contribution in [2.24, 2.45) is 5.73 Å². The first-order valence-corrected chi connectivity index (χ1v) is 10.6. The van der Waals surface area contributed by atoms with Gasteiger partial charge in [-0.2, -0.15) is 13.2 Å². The number of nitrogens with one attached hydrogen (secondary N) is 2. The summed E-state index contributed by atoms with van der Waals surface area (Å²) in [5.41, 5.74) is 7.20. The second-order valence-corrected chi connectivity index (χ2v) is 7.57. The predicted octanol–water partition coefficient (Wildman–Crippen LogP) is 1.35. The van der Waals surface area contributed by atoms with E-state index < -0.39 is 48.0 Å². The molecular formula is C22H28F3N3O7. The highest BCUT2D eigenvalue weighted by molar-refractivity contribution is 5.88. The number of carbonyl (C=O) groups excluding carboxylic acids is 2. The van der Waals surface area contributed by atoms with Crippen LogP contribution >= 0.6 is 0 Å². The minimum Gasteiger partial charge on any atom is -0.475 e. The Morgan fingerprint density at radius 1 is 1.06 bits per heavy atom. The van der Waals surface area contributed by atoms with Crippen molar-refractivity contribution in [3.05, 3.63) is 47.7 Å². The third-order valence-electron chi connectivity index (χ3n) is 4.70. The number of unbranched alkanes of at least 4 members (excludes halogenated alkanes) is 2. The summed E-state index contributed by atoms with van der Waals surface area (Å²) in [4.78, 5) is 44.0. The van der Waals surface area contributed by atoms with E-state index in [-0.39, 0.29) is 5.91 Å². The van der Waals surface area contributed by atoms with Crippen LogP contribution in [0.3, 0.4) is 0 Å². The van der Waals surface area contributed by atoms with E-state index in [9.17, 15) is 27.6 Å². The molecule has 13 heteroatoms. The van der Waals surface area contributed by atoms with Crippen molar-refractivity contribution in [1.82, 2.24) is 10.6 Å². The molecule has 0 bridgehead atoms. The fourth-order valence-corrected chi connectivity index (χ4v) is 3.06.